The van der Waals surface area contributed by atoms with Crippen molar-refractivity contribution >= 4 is 50.5 Å². The van der Waals surface area contributed by atoms with Gasteiger partial charge < -0.3 is 10.5 Å². The van der Waals surface area contributed by atoms with Crippen LogP contribution in [0.4, 0.5) is 0 Å². The Hall–Kier alpha value is -1.34. The van der Waals surface area contributed by atoms with Crippen LogP contribution in [0.2, 0.25) is 0 Å². The Balaban J connectivity index is 2.04. The van der Waals surface area contributed by atoms with E-state index < -0.39 is 5.91 Å². The Morgan fingerprint density at radius 3 is 2.57 bits per heavy atom. The number of nitrogens with two attached hydrogens (primary N) is 1. The highest BCUT2D eigenvalue weighted by Crippen LogP contribution is 2.24. The van der Waals surface area contributed by atoms with Crippen molar-refractivity contribution in [2.75, 3.05) is 0 Å². The van der Waals surface area contributed by atoms with E-state index in [-0.39, 0.29) is 0 Å². The second-order valence-corrected chi connectivity index (χ2v) is 6.42. The third-order valence-electron chi connectivity index (χ3n) is 2.70. The van der Waals surface area contributed by atoms with Crippen LogP contribution in [-0.2, 0) is 11.4 Å². The predicted molar refractivity (Wildman–Crippen MR) is 95.9 cm³/mol. The predicted octanol–water partition coefficient (Wildman–Crippen LogP) is 4.13. The zero-order valence-electron chi connectivity index (χ0n) is 11.1. The number of primary amides is 1. The maximum atomic E-state index is 10.7. The van der Waals surface area contributed by atoms with E-state index >= 15 is 0 Å². The summed E-state index contributed by atoms with van der Waals surface area (Å²) in [4.78, 5) is 10.7. The maximum absolute atomic E-state index is 10.7. The molecule has 2 aromatic carbocycles. The second kappa shape index (κ2) is 7.61. The highest BCUT2D eigenvalue weighted by atomic mass is 127. The number of amides is 1. The third kappa shape index (κ3) is 5.17. The first-order chi connectivity index (χ1) is 10.0. The molecule has 2 aromatic rings. The smallest absolute Gasteiger partial charge is 0.241 e. The highest BCUT2D eigenvalue weighted by molar-refractivity contribution is 14.1. The molecule has 0 atom stereocenters. The van der Waals surface area contributed by atoms with E-state index in [1.165, 1.54) is 6.08 Å². The molecule has 0 aliphatic heterocycles. The van der Waals surface area contributed by atoms with Crippen molar-refractivity contribution in [3.05, 3.63) is 67.7 Å². The van der Waals surface area contributed by atoms with Crippen LogP contribution < -0.4 is 10.5 Å². The van der Waals surface area contributed by atoms with Crippen LogP contribution in [0.25, 0.3) is 6.08 Å². The van der Waals surface area contributed by atoms with E-state index in [1.54, 1.807) is 6.08 Å². The highest BCUT2D eigenvalue weighted by Gasteiger charge is 2.02. The summed E-state index contributed by atoms with van der Waals surface area (Å²) in [6.45, 7) is 0.514. The maximum Gasteiger partial charge on any atom is 0.241 e. The average molecular weight is 458 g/mol. The minimum atomic E-state index is -0.458. The lowest BCUT2D eigenvalue weighted by Gasteiger charge is -2.09. The molecule has 0 aromatic heterocycles. The van der Waals surface area contributed by atoms with E-state index in [9.17, 15) is 4.79 Å². The average Bonchev–Trinajstić information content (AvgIpc) is 2.46. The molecule has 2 N–H and O–H groups in total. The van der Waals surface area contributed by atoms with Crippen molar-refractivity contribution in [3.8, 4) is 5.75 Å². The summed E-state index contributed by atoms with van der Waals surface area (Å²) in [7, 11) is 0. The summed E-state index contributed by atoms with van der Waals surface area (Å²) in [5.41, 5.74) is 7.09. The quantitative estimate of drug-likeness (QED) is 0.542. The minimum Gasteiger partial charge on any atom is -0.488 e. The Labute approximate surface area is 145 Å². The summed E-state index contributed by atoms with van der Waals surface area (Å²) in [6.07, 6.45) is 3.02. The van der Waals surface area contributed by atoms with Crippen molar-refractivity contribution in [3.63, 3.8) is 0 Å². The first-order valence-corrected chi connectivity index (χ1v) is 8.06. The molecule has 3 nitrogen and oxygen atoms in total. The normalized spacial score (nSPS) is 10.8. The standard InChI is InChI=1S/C16H13BrINO2/c17-13-5-1-12(2-6-13)10-21-15-7-3-11(9-14(15)18)4-8-16(19)20/h1-9H,10H2,(H2,19,20)/b8-4-. The fourth-order valence-corrected chi connectivity index (χ4v) is 2.62. The fraction of sp³-hybridized carbons (Fsp3) is 0.0625. The fourth-order valence-electron chi connectivity index (χ4n) is 1.66. The summed E-state index contributed by atoms with van der Waals surface area (Å²) in [5, 5.41) is 0. The SMILES string of the molecule is NC(=O)/C=C\c1ccc(OCc2ccc(Br)cc2)c(I)c1. The lowest BCUT2D eigenvalue weighted by Crippen LogP contribution is -2.05. The van der Waals surface area contributed by atoms with Crippen molar-refractivity contribution in [1.82, 2.24) is 0 Å². The number of benzene rings is 2. The topological polar surface area (TPSA) is 52.3 Å². The molecular weight excluding hydrogens is 445 g/mol. The monoisotopic (exact) mass is 457 g/mol. The molecular formula is C16H13BrINO2. The molecule has 0 heterocycles. The van der Waals surface area contributed by atoms with Crippen molar-refractivity contribution < 1.29 is 9.53 Å². The molecule has 0 aliphatic rings. The van der Waals surface area contributed by atoms with E-state index in [4.69, 9.17) is 10.5 Å². The molecule has 21 heavy (non-hydrogen) atoms. The van der Waals surface area contributed by atoms with E-state index in [0.717, 1.165) is 24.9 Å². The first-order valence-electron chi connectivity index (χ1n) is 6.19. The number of carbonyl (C=O) groups excluding carboxylic acids is 1. The van der Waals surface area contributed by atoms with Gasteiger partial charge in [-0.05, 0) is 64.1 Å². The Kier molecular flexibility index (Phi) is 5.81. The Bertz CT molecular complexity index is 668. The second-order valence-electron chi connectivity index (χ2n) is 4.34. The number of hydrogen-bond donors (Lipinski definition) is 1. The van der Waals surface area contributed by atoms with Gasteiger partial charge in [-0.2, -0.15) is 0 Å². The van der Waals surface area contributed by atoms with Gasteiger partial charge in [0.15, 0.2) is 0 Å². The third-order valence-corrected chi connectivity index (χ3v) is 4.08. The van der Waals surface area contributed by atoms with Gasteiger partial charge in [-0.1, -0.05) is 34.1 Å². The van der Waals surface area contributed by atoms with Crippen LogP contribution in [0.1, 0.15) is 11.1 Å². The van der Waals surface area contributed by atoms with E-state index in [1.807, 2.05) is 42.5 Å². The van der Waals surface area contributed by atoms with Crippen LogP contribution in [0.15, 0.2) is 53.0 Å². The van der Waals surface area contributed by atoms with Crippen LogP contribution in [-0.4, -0.2) is 5.91 Å². The lowest BCUT2D eigenvalue weighted by atomic mass is 10.2. The molecule has 0 saturated carbocycles. The van der Waals surface area contributed by atoms with E-state index in [0.29, 0.717) is 6.61 Å². The van der Waals surface area contributed by atoms with E-state index in [2.05, 4.69) is 38.5 Å². The summed E-state index contributed by atoms with van der Waals surface area (Å²) < 4.78 is 7.84. The molecule has 0 aliphatic carbocycles. The van der Waals surface area contributed by atoms with Gasteiger partial charge in [0.25, 0.3) is 0 Å². The van der Waals surface area contributed by atoms with Gasteiger partial charge in [0.1, 0.15) is 12.4 Å². The minimum absolute atomic E-state index is 0.458. The number of carbonyl (C=O) groups is 1. The zero-order chi connectivity index (χ0) is 15.2. The van der Waals surface area contributed by atoms with Gasteiger partial charge in [0, 0.05) is 10.5 Å². The van der Waals surface area contributed by atoms with Gasteiger partial charge >= 0.3 is 0 Å². The molecule has 1 amide bonds. The Morgan fingerprint density at radius 1 is 1.24 bits per heavy atom. The zero-order valence-corrected chi connectivity index (χ0v) is 14.8. The van der Waals surface area contributed by atoms with Crippen molar-refractivity contribution in [1.29, 1.82) is 0 Å². The van der Waals surface area contributed by atoms with Crippen LogP contribution in [0.5, 0.6) is 5.75 Å². The summed E-state index contributed by atoms with van der Waals surface area (Å²) in [5.74, 6) is 0.357. The van der Waals surface area contributed by atoms with Gasteiger partial charge in [-0.25, -0.2) is 0 Å². The molecule has 0 radical (unpaired) electrons. The lowest BCUT2D eigenvalue weighted by molar-refractivity contribution is -0.113. The number of halogens is 2. The Morgan fingerprint density at radius 2 is 1.95 bits per heavy atom. The largest absolute Gasteiger partial charge is 0.488 e. The molecule has 108 valence electrons. The van der Waals surface area contributed by atoms with Crippen molar-refractivity contribution in [2.24, 2.45) is 5.73 Å². The number of rotatable bonds is 5. The first kappa shape index (κ1) is 16.0. The van der Waals surface area contributed by atoms with Gasteiger partial charge in [0.2, 0.25) is 5.91 Å². The van der Waals surface area contributed by atoms with Crippen LogP contribution >= 0.6 is 38.5 Å². The summed E-state index contributed by atoms with van der Waals surface area (Å²) >= 11 is 5.61. The van der Waals surface area contributed by atoms with Gasteiger partial charge in [-0.3, -0.25) is 4.79 Å². The van der Waals surface area contributed by atoms with Crippen LogP contribution in [0, 0.1) is 3.57 Å². The summed E-state index contributed by atoms with van der Waals surface area (Å²) in [6, 6.07) is 13.7. The molecule has 0 unspecified atom stereocenters. The molecule has 0 bridgehead atoms. The van der Waals surface area contributed by atoms with Crippen molar-refractivity contribution in [2.45, 2.75) is 6.61 Å². The van der Waals surface area contributed by atoms with Crippen LogP contribution in [0.3, 0.4) is 0 Å². The molecule has 0 saturated heterocycles. The molecule has 5 heteroatoms. The van der Waals surface area contributed by atoms with Gasteiger partial charge in [0.05, 0.1) is 3.57 Å². The number of hydrogen-bond acceptors (Lipinski definition) is 2. The molecule has 0 spiro atoms. The molecule has 0 fully saturated rings. The number of ether oxygens (including phenoxy) is 1. The van der Waals surface area contributed by atoms with Gasteiger partial charge in [-0.15, -0.1) is 0 Å². The molecule has 2 rings (SSSR count).